The highest BCUT2D eigenvalue weighted by atomic mass is 19.1. The third-order valence-electron chi connectivity index (χ3n) is 11.5. The number of pyridine rings is 1. The molecular formula is C38H44FN7O3. The van der Waals surface area contributed by atoms with Crippen LogP contribution < -0.4 is 11.2 Å². The van der Waals surface area contributed by atoms with Gasteiger partial charge in [-0.15, -0.1) is 0 Å². The number of amides is 1. The summed E-state index contributed by atoms with van der Waals surface area (Å²) in [7, 11) is 1.98. The second-order valence-electron chi connectivity index (χ2n) is 14.6. The average Bonchev–Trinajstić information content (AvgIpc) is 3.94. The average molecular weight is 666 g/mol. The largest absolute Gasteiger partial charge is 0.337 e. The van der Waals surface area contributed by atoms with Gasteiger partial charge >= 0.3 is 5.69 Å². The van der Waals surface area contributed by atoms with Gasteiger partial charge in [-0.05, 0) is 87.3 Å². The molecule has 1 spiro atoms. The van der Waals surface area contributed by atoms with Crippen LogP contribution in [-0.4, -0.2) is 90.7 Å². The smallest absolute Gasteiger partial charge is 0.298 e. The van der Waals surface area contributed by atoms with Crippen molar-refractivity contribution >= 4 is 16.9 Å². The Labute approximate surface area is 285 Å². The molecule has 2 saturated heterocycles. The van der Waals surface area contributed by atoms with E-state index in [1.807, 2.05) is 36.3 Å². The minimum Gasteiger partial charge on any atom is -0.298 e. The number of rotatable bonds is 7. The lowest BCUT2D eigenvalue weighted by Crippen LogP contribution is -2.72. The molecule has 4 heterocycles. The molecule has 49 heavy (non-hydrogen) atoms. The van der Waals surface area contributed by atoms with Crippen molar-refractivity contribution in [3.8, 4) is 16.8 Å². The number of hydrogen-bond donors (Lipinski definition) is 0. The Morgan fingerprint density at radius 2 is 1.57 bits per heavy atom. The predicted octanol–water partition coefficient (Wildman–Crippen LogP) is 4.58. The molecule has 1 amide bonds. The van der Waals surface area contributed by atoms with Gasteiger partial charge in [-0.2, -0.15) is 0 Å². The zero-order valence-corrected chi connectivity index (χ0v) is 28.5. The fraction of sp³-hybridized carbons (Fsp3) is 0.474. The van der Waals surface area contributed by atoms with Gasteiger partial charge in [0.25, 0.3) is 11.5 Å². The first-order chi connectivity index (χ1) is 23.6. The zero-order valence-electron chi connectivity index (χ0n) is 28.5. The Bertz CT molecular complexity index is 2020. The van der Waals surface area contributed by atoms with Gasteiger partial charge in [-0.25, -0.2) is 23.7 Å². The summed E-state index contributed by atoms with van der Waals surface area (Å²) >= 11 is 0. The molecule has 0 atom stereocenters. The van der Waals surface area contributed by atoms with Crippen LogP contribution in [0.15, 0.2) is 70.4 Å². The van der Waals surface area contributed by atoms with Crippen LogP contribution in [-0.2, 0) is 11.3 Å². The Morgan fingerprint density at radius 3 is 2.22 bits per heavy atom. The van der Waals surface area contributed by atoms with Gasteiger partial charge in [0, 0.05) is 57.9 Å². The van der Waals surface area contributed by atoms with E-state index in [2.05, 4.69) is 57.9 Å². The number of carbonyl (C=O) groups is 1. The number of hydrazine groups is 1. The maximum atomic E-state index is 14.5. The molecule has 4 fully saturated rings. The van der Waals surface area contributed by atoms with Crippen LogP contribution in [0.1, 0.15) is 64.0 Å². The summed E-state index contributed by atoms with van der Waals surface area (Å²) in [6, 6.07) is 17.6. The van der Waals surface area contributed by atoms with E-state index in [-0.39, 0.29) is 34.6 Å². The predicted molar refractivity (Wildman–Crippen MR) is 187 cm³/mol. The maximum absolute atomic E-state index is 14.5. The molecule has 2 aromatic carbocycles. The first kappa shape index (κ1) is 32.0. The van der Waals surface area contributed by atoms with Crippen LogP contribution in [0.4, 0.5) is 4.39 Å². The van der Waals surface area contributed by atoms with Crippen LogP contribution in [0, 0.1) is 5.82 Å². The van der Waals surface area contributed by atoms with E-state index < -0.39 is 17.1 Å². The van der Waals surface area contributed by atoms with Gasteiger partial charge in [-0.1, -0.05) is 36.4 Å². The van der Waals surface area contributed by atoms with E-state index in [0.29, 0.717) is 37.4 Å². The van der Waals surface area contributed by atoms with Gasteiger partial charge < -0.3 is 0 Å². The maximum Gasteiger partial charge on any atom is 0.337 e. The first-order valence-corrected chi connectivity index (χ1v) is 17.7. The summed E-state index contributed by atoms with van der Waals surface area (Å²) in [6.45, 7) is 9.70. The van der Waals surface area contributed by atoms with Crippen molar-refractivity contribution in [3.05, 3.63) is 93.0 Å². The van der Waals surface area contributed by atoms with Crippen LogP contribution in [0.25, 0.3) is 27.8 Å². The van der Waals surface area contributed by atoms with Gasteiger partial charge in [0.1, 0.15) is 11.4 Å². The number of nitrogens with zero attached hydrogens (tertiary/aromatic N) is 7. The molecule has 0 N–H and O–H groups in total. The van der Waals surface area contributed by atoms with Crippen LogP contribution in [0.3, 0.4) is 0 Å². The Balaban J connectivity index is 1.06. The van der Waals surface area contributed by atoms with Crippen molar-refractivity contribution in [2.45, 2.75) is 82.6 Å². The van der Waals surface area contributed by atoms with Crippen molar-refractivity contribution in [2.24, 2.45) is 0 Å². The van der Waals surface area contributed by atoms with Crippen molar-refractivity contribution < 1.29 is 9.18 Å². The molecule has 11 heteroatoms. The molecule has 2 aromatic heterocycles. The number of carbonyl (C=O) groups excluding carboxylic acids is 1. The lowest BCUT2D eigenvalue weighted by molar-refractivity contribution is -0.207. The summed E-state index contributed by atoms with van der Waals surface area (Å²) < 4.78 is 17.3. The fourth-order valence-corrected chi connectivity index (χ4v) is 8.34. The van der Waals surface area contributed by atoms with E-state index in [0.717, 1.165) is 62.9 Å². The molecule has 4 aliphatic rings. The monoisotopic (exact) mass is 665 g/mol. The Hall–Kier alpha value is -4.19. The van der Waals surface area contributed by atoms with E-state index in [9.17, 15) is 18.8 Å². The molecule has 2 aliphatic carbocycles. The standard InChI is InChI=1S/C38H44FN7O3/c1-25(2)43-19-17-42(18-20-43)24-26-7-9-27(10-8-26)28-5-4-6-32(21-28)44-34-33(22-29(39)23-40-34)35(47)45(37(44)49)30-11-13-31(14-12-30)46-36(48)38(15-16-38)41(46)3/h4-10,21-23,25,30-31H,11-20,24H2,1-3H3/t30-,31+. The second kappa shape index (κ2) is 12.3. The lowest BCUT2D eigenvalue weighted by Gasteiger charge is -2.53. The molecule has 256 valence electrons. The van der Waals surface area contributed by atoms with Gasteiger partial charge in [-0.3, -0.25) is 29.0 Å². The summed E-state index contributed by atoms with van der Waals surface area (Å²) in [5, 5.41) is 4.02. The normalized spacial score (nSPS) is 23.0. The van der Waals surface area contributed by atoms with Gasteiger partial charge in [0.15, 0.2) is 5.65 Å². The number of aromatic nitrogens is 3. The molecule has 0 radical (unpaired) electrons. The topological polar surface area (TPSA) is 86.9 Å². The number of piperazine rings is 1. The van der Waals surface area contributed by atoms with E-state index in [1.165, 1.54) is 20.8 Å². The molecule has 0 bridgehead atoms. The van der Waals surface area contributed by atoms with E-state index >= 15 is 0 Å². The highest BCUT2D eigenvalue weighted by Crippen LogP contribution is 2.52. The summed E-state index contributed by atoms with van der Waals surface area (Å²) in [6.07, 6.45) is 5.37. The second-order valence-corrected chi connectivity index (χ2v) is 14.6. The highest BCUT2D eigenvalue weighted by Gasteiger charge is 2.66. The molecule has 8 rings (SSSR count). The number of fused-ring (bicyclic) bond motifs is 1. The van der Waals surface area contributed by atoms with Crippen molar-refractivity contribution in [2.75, 3.05) is 33.2 Å². The molecule has 10 nitrogen and oxygen atoms in total. The molecule has 2 aliphatic heterocycles. The van der Waals surface area contributed by atoms with Crippen LogP contribution in [0.5, 0.6) is 0 Å². The first-order valence-electron chi connectivity index (χ1n) is 17.7. The molecule has 2 saturated carbocycles. The Morgan fingerprint density at radius 1 is 0.878 bits per heavy atom. The SMILES string of the molecule is CC(C)N1CCN(Cc2ccc(-c3cccc(-n4c(=O)n([C@H]5CC[C@@H](N6C(=O)C7(CC7)N6C)CC5)c(=O)c5cc(F)cnc54)c3)cc2)CC1. The summed E-state index contributed by atoms with van der Waals surface area (Å²) in [5.41, 5.74) is 2.58. The van der Waals surface area contributed by atoms with Crippen molar-refractivity contribution in [1.29, 1.82) is 0 Å². The summed E-state index contributed by atoms with van der Waals surface area (Å²) in [5.74, 6) is -0.436. The number of halogens is 1. The van der Waals surface area contributed by atoms with Crippen LogP contribution in [0.2, 0.25) is 0 Å². The van der Waals surface area contributed by atoms with Gasteiger partial charge in [0.2, 0.25) is 0 Å². The lowest BCUT2D eigenvalue weighted by atomic mass is 9.89. The Kier molecular flexibility index (Phi) is 8.04. The van der Waals surface area contributed by atoms with Gasteiger partial charge in [0.05, 0.1) is 17.3 Å². The minimum absolute atomic E-state index is 0.0515. The minimum atomic E-state index is -0.631. The van der Waals surface area contributed by atoms with Crippen LogP contribution >= 0.6 is 0 Å². The third kappa shape index (κ3) is 5.52. The molecule has 4 aromatic rings. The number of likely N-dealkylation sites (N-methyl/N-ethyl adjacent to an activating group) is 1. The number of hydrogen-bond acceptors (Lipinski definition) is 7. The zero-order chi connectivity index (χ0) is 34.0. The molecule has 0 unspecified atom stereocenters. The van der Waals surface area contributed by atoms with E-state index in [4.69, 9.17) is 0 Å². The fourth-order valence-electron chi connectivity index (χ4n) is 8.34. The third-order valence-corrected chi connectivity index (χ3v) is 11.5. The summed E-state index contributed by atoms with van der Waals surface area (Å²) in [4.78, 5) is 50.3. The molecular weight excluding hydrogens is 621 g/mol. The van der Waals surface area contributed by atoms with E-state index in [1.54, 1.807) is 0 Å². The highest BCUT2D eigenvalue weighted by molar-refractivity contribution is 5.94. The van der Waals surface area contributed by atoms with Crippen molar-refractivity contribution in [3.63, 3.8) is 0 Å². The van der Waals surface area contributed by atoms with Crippen molar-refractivity contribution in [1.82, 2.24) is 33.9 Å². The number of benzene rings is 2. The quantitative estimate of drug-likeness (QED) is 0.286.